The number of anilines is 2. The van der Waals surface area contributed by atoms with Crippen LogP contribution in [0.3, 0.4) is 0 Å². The summed E-state index contributed by atoms with van der Waals surface area (Å²) in [6.45, 7) is 2.97. The topological polar surface area (TPSA) is 37.4 Å². The predicted molar refractivity (Wildman–Crippen MR) is 93.5 cm³/mol. The first-order chi connectivity index (χ1) is 10.8. The van der Waals surface area contributed by atoms with Gasteiger partial charge in [-0.05, 0) is 31.4 Å². The minimum absolute atomic E-state index is 0.573. The number of nitrogens with one attached hydrogen (secondary N) is 1. The molecule has 22 heavy (non-hydrogen) atoms. The Morgan fingerprint density at radius 1 is 1.32 bits per heavy atom. The molecule has 0 spiro atoms. The molecule has 118 valence electrons. The number of methoxy groups -OCH3 is 1. The fourth-order valence-corrected chi connectivity index (χ4v) is 3.64. The van der Waals surface area contributed by atoms with Crippen LogP contribution < -0.4 is 15.0 Å². The van der Waals surface area contributed by atoms with Gasteiger partial charge in [-0.15, -0.1) is 11.3 Å². The maximum atomic E-state index is 5.86. The Bertz CT molecular complexity index is 626. The van der Waals surface area contributed by atoms with Gasteiger partial charge in [-0.25, -0.2) is 4.98 Å². The number of benzene rings is 1. The van der Waals surface area contributed by atoms with Crippen molar-refractivity contribution >= 4 is 34.3 Å². The van der Waals surface area contributed by atoms with Crippen molar-refractivity contribution < 1.29 is 4.74 Å². The van der Waals surface area contributed by atoms with Gasteiger partial charge in [-0.1, -0.05) is 11.6 Å². The normalized spacial score (nSPS) is 14.9. The first-order valence-electron chi connectivity index (χ1n) is 7.53. The highest BCUT2D eigenvalue weighted by atomic mass is 35.5. The van der Waals surface area contributed by atoms with E-state index in [1.807, 2.05) is 0 Å². The largest absolute Gasteiger partial charge is 0.495 e. The van der Waals surface area contributed by atoms with E-state index in [-0.39, 0.29) is 0 Å². The van der Waals surface area contributed by atoms with Crippen molar-refractivity contribution in [3.05, 3.63) is 33.7 Å². The molecular weight excluding hydrogens is 318 g/mol. The first kappa shape index (κ1) is 15.4. The van der Waals surface area contributed by atoms with Crippen molar-refractivity contribution in [2.75, 3.05) is 30.4 Å². The van der Waals surface area contributed by atoms with Crippen LogP contribution in [0.25, 0.3) is 0 Å². The summed E-state index contributed by atoms with van der Waals surface area (Å²) in [5.74, 6) is 0.874. The van der Waals surface area contributed by atoms with E-state index in [9.17, 15) is 0 Å². The summed E-state index contributed by atoms with van der Waals surface area (Å²) in [7, 11) is 1.71. The summed E-state index contributed by atoms with van der Waals surface area (Å²) in [5, 5.41) is 3.39. The smallest absolute Gasteiger partial charge is 0.183 e. The van der Waals surface area contributed by atoms with Gasteiger partial charge in [0.1, 0.15) is 5.75 Å². The third-order valence-electron chi connectivity index (χ3n) is 3.88. The Kier molecular flexibility index (Phi) is 5.05. The van der Waals surface area contributed by atoms with Gasteiger partial charge in [0.05, 0.1) is 19.3 Å². The molecule has 1 fully saturated rings. The van der Waals surface area contributed by atoms with E-state index in [0.717, 1.165) is 29.4 Å². The van der Waals surface area contributed by atoms with Crippen LogP contribution in [0, 0.1) is 0 Å². The lowest BCUT2D eigenvalue weighted by molar-refractivity contribution is 0.416. The highest BCUT2D eigenvalue weighted by Gasteiger charge is 2.13. The van der Waals surface area contributed by atoms with Crippen LogP contribution in [0.4, 0.5) is 11.4 Å². The van der Waals surface area contributed by atoms with Crippen LogP contribution in [0.1, 0.15) is 24.1 Å². The summed E-state index contributed by atoms with van der Waals surface area (Å²) in [6.07, 6.45) is 5.68. The Morgan fingerprint density at radius 2 is 2.14 bits per heavy atom. The van der Waals surface area contributed by atoms with Gasteiger partial charge in [-0.2, -0.15) is 0 Å². The Hall–Kier alpha value is -1.46. The molecule has 0 saturated carbocycles. The molecule has 2 aromatic rings. The standard InChI is InChI=1S/C16H20ClN3OS/c1-21-15-9-12(20-7-3-2-4-8-20)5-6-14(15)18-10-13-11-19-16(17)22-13/h5-6,9,11,18H,2-4,7-8,10H2,1H3. The lowest BCUT2D eigenvalue weighted by Gasteiger charge is -2.29. The molecule has 6 heteroatoms. The van der Waals surface area contributed by atoms with E-state index in [2.05, 4.69) is 33.4 Å². The Balaban J connectivity index is 1.71. The Morgan fingerprint density at radius 3 is 2.82 bits per heavy atom. The Labute approximate surface area is 140 Å². The average molecular weight is 338 g/mol. The zero-order valence-electron chi connectivity index (χ0n) is 12.6. The molecule has 4 nitrogen and oxygen atoms in total. The van der Waals surface area contributed by atoms with Crippen LogP contribution in [-0.2, 0) is 6.54 Å². The quantitative estimate of drug-likeness (QED) is 0.877. The van der Waals surface area contributed by atoms with Gasteiger partial charge in [-0.3, -0.25) is 0 Å². The van der Waals surface area contributed by atoms with Gasteiger partial charge in [0, 0.05) is 35.9 Å². The summed E-state index contributed by atoms with van der Waals surface area (Å²) in [5.41, 5.74) is 2.23. The molecule has 2 heterocycles. The van der Waals surface area contributed by atoms with Gasteiger partial charge >= 0.3 is 0 Å². The monoisotopic (exact) mass is 337 g/mol. The summed E-state index contributed by atoms with van der Waals surface area (Å²) in [4.78, 5) is 7.59. The SMILES string of the molecule is COc1cc(N2CCCCC2)ccc1NCc1cnc(Cl)s1. The van der Waals surface area contributed by atoms with Crippen molar-refractivity contribution in [2.24, 2.45) is 0 Å². The van der Waals surface area contributed by atoms with Gasteiger partial charge in [0.15, 0.2) is 4.47 Å². The van der Waals surface area contributed by atoms with Gasteiger partial charge in [0.25, 0.3) is 0 Å². The van der Waals surface area contributed by atoms with E-state index in [4.69, 9.17) is 16.3 Å². The third-order valence-corrected chi connectivity index (χ3v) is 5.00. The second-order valence-corrected chi connectivity index (χ2v) is 7.06. The molecule has 0 atom stereocenters. The van der Waals surface area contributed by atoms with Gasteiger partial charge in [0.2, 0.25) is 0 Å². The molecule has 1 N–H and O–H groups in total. The van der Waals surface area contributed by atoms with E-state index in [1.165, 1.54) is 36.3 Å². The lowest BCUT2D eigenvalue weighted by atomic mass is 10.1. The minimum Gasteiger partial charge on any atom is -0.495 e. The van der Waals surface area contributed by atoms with Crippen molar-refractivity contribution in [1.82, 2.24) is 4.98 Å². The molecule has 1 aliphatic heterocycles. The molecule has 0 unspecified atom stereocenters. The minimum atomic E-state index is 0.573. The molecule has 0 bridgehead atoms. The zero-order chi connectivity index (χ0) is 15.4. The van der Waals surface area contributed by atoms with Crippen molar-refractivity contribution in [2.45, 2.75) is 25.8 Å². The van der Waals surface area contributed by atoms with Crippen LogP contribution in [0.2, 0.25) is 4.47 Å². The maximum absolute atomic E-state index is 5.86. The number of ether oxygens (including phenoxy) is 1. The molecule has 3 rings (SSSR count). The molecule has 1 aromatic heterocycles. The summed E-state index contributed by atoms with van der Waals surface area (Å²) >= 11 is 7.35. The molecule has 1 aliphatic rings. The molecule has 0 aliphatic carbocycles. The van der Waals surface area contributed by atoms with E-state index < -0.39 is 0 Å². The molecule has 0 amide bonds. The molecule has 1 aromatic carbocycles. The van der Waals surface area contributed by atoms with Crippen molar-refractivity contribution in [3.8, 4) is 5.75 Å². The van der Waals surface area contributed by atoms with E-state index in [0.29, 0.717) is 11.0 Å². The van der Waals surface area contributed by atoms with Gasteiger partial charge < -0.3 is 15.0 Å². The molecule has 0 radical (unpaired) electrons. The van der Waals surface area contributed by atoms with Crippen molar-refractivity contribution in [1.29, 1.82) is 0 Å². The van der Waals surface area contributed by atoms with Crippen molar-refractivity contribution in [3.63, 3.8) is 0 Å². The zero-order valence-corrected chi connectivity index (χ0v) is 14.2. The second kappa shape index (κ2) is 7.20. The second-order valence-electron chi connectivity index (χ2n) is 5.37. The predicted octanol–water partition coefficient (Wildman–Crippen LogP) is 4.41. The number of hydrogen-bond donors (Lipinski definition) is 1. The van der Waals surface area contributed by atoms with Crippen LogP contribution in [0.15, 0.2) is 24.4 Å². The average Bonchev–Trinajstić information content (AvgIpc) is 2.99. The number of nitrogens with zero attached hydrogens (tertiary/aromatic N) is 2. The van der Waals surface area contributed by atoms with Crippen LogP contribution in [-0.4, -0.2) is 25.2 Å². The lowest BCUT2D eigenvalue weighted by Crippen LogP contribution is -2.29. The molecule has 1 saturated heterocycles. The van der Waals surface area contributed by atoms with E-state index >= 15 is 0 Å². The number of thiazole rings is 1. The van der Waals surface area contributed by atoms with E-state index in [1.54, 1.807) is 13.3 Å². The number of piperidine rings is 1. The fraction of sp³-hybridized carbons (Fsp3) is 0.438. The van der Waals surface area contributed by atoms with Crippen LogP contribution >= 0.6 is 22.9 Å². The number of rotatable bonds is 5. The third kappa shape index (κ3) is 3.65. The molecular formula is C16H20ClN3OS. The number of halogens is 1. The highest BCUT2D eigenvalue weighted by Crippen LogP contribution is 2.31. The summed E-state index contributed by atoms with van der Waals surface area (Å²) < 4.78 is 6.12. The number of aromatic nitrogens is 1. The maximum Gasteiger partial charge on any atom is 0.183 e. The number of hydrogen-bond acceptors (Lipinski definition) is 5. The first-order valence-corrected chi connectivity index (χ1v) is 8.73. The fourth-order valence-electron chi connectivity index (χ4n) is 2.72. The summed E-state index contributed by atoms with van der Waals surface area (Å²) in [6, 6.07) is 6.37. The highest BCUT2D eigenvalue weighted by molar-refractivity contribution is 7.15. The van der Waals surface area contributed by atoms with Crippen LogP contribution in [0.5, 0.6) is 5.75 Å².